The van der Waals surface area contributed by atoms with E-state index in [2.05, 4.69) is 24.1 Å². The van der Waals surface area contributed by atoms with Crippen LogP contribution in [0, 0.1) is 5.92 Å². The van der Waals surface area contributed by atoms with Gasteiger partial charge in [-0.3, -0.25) is 4.79 Å². The van der Waals surface area contributed by atoms with Gasteiger partial charge in [-0.1, -0.05) is 30.3 Å². The molecule has 3 heteroatoms. The van der Waals surface area contributed by atoms with Crippen molar-refractivity contribution in [3.8, 4) is 0 Å². The number of benzene rings is 1. The van der Waals surface area contributed by atoms with Crippen LogP contribution in [0.15, 0.2) is 30.3 Å². The highest BCUT2D eigenvalue weighted by atomic mass is 16.5. The molecule has 0 unspecified atom stereocenters. The van der Waals surface area contributed by atoms with E-state index in [1.54, 1.807) is 0 Å². The van der Waals surface area contributed by atoms with Gasteiger partial charge >= 0.3 is 5.97 Å². The second kappa shape index (κ2) is 4.64. The third-order valence-electron chi connectivity index (χ3n) is 5.07. The number of piperidine rings is 2. The van der Waals surface area contributed by atoms with Gasteiger partial charge in [-0.05, 0) is 37.8 Å². The van der Waals surface area contributed by atoms with Crippen molar-refractivity contribution in [3.63, 3.8) is 0 Å². The van der Waals surface area contributed by atoms with Crippen molar-refractivity contribution in [3.05, 3.63) is 35.9 Å². The predicted molar refractivity (Wildman–Crippen MR) is 73.9 cm³/mol. The number of methoxy groups -OCH3 is 1. The first kappa shape index (κ1) is 12.7. The molecule has 0 amide bonds. The molecular weight excluding hydrogens is 238 g/mol. The van der Waals surface area contributed by atoms with Gasteiger partial charge in [-0.25, -0.2) is 0 Å². The van der Waals surface area contributed by atoms with Gasteiger partial charge < -0.3 is 9.64 Å². The lowest BCUT2D eigenvalue weighted by Crippen LogP contribution is -2.61. The van der Waals surface area contributed by atoms with Gasteiger partial charge in [0.2, 0.25) is 0 Å². The van der Waals surface area contributed by atoms with Crippen LogP contribution in [0.2, 0.25) is 0 Å². The fourth-order valence-electron chi connectivity index (χ4n) is 4.04. The summed E-state index contributed by atoms with van der Waals surface area (Å²) in [6.07, 6.45) is 3.22. The number of carbonyl (C=O) groups excluding carboxylic acids is 1. The van der Waals surface area contributed by atoms with Crippen LogP contribution < -0.4 is 0 Å². The SMILES string of the molecule is COC(=O)[C@@]1(c2ccccc2)C[C@H]2CC[C@H]1CN2C. The Morgan fingerprint density at radius 2 is 2.05 bits per heavy atom. The summed E-state index contributed by atoms with van der Waals surface area (Å²) in [5, 5.41) is 0. The van der Waals surface area contributed by atoms with Crippen LogP contribution in [0.3, 0.4) is 0 Å². The summed E-state index contributed by atoms with van der Waals surface area (Å²) in [7, 11) is 3.68. The zero-order chi connectivity index (χ0) is 13.5. The highest BCUT2D eigenvalue weighted by Crippen LogP contribution is 2.49. The molecule has 0 spiro atoms. The van der Waals surface area contributed by atoms with Gasteiger partial charge in [-0.2, -0.15) is 0 Å². The van der Waals surface area contributed by atoms with Crippen molar-refractivity contribution >= 4 is 5.97 Å². The summed E-state index contributed by atoms with van der Waals surface area (Å²) in [5.74, 6) is 0.318. The summed E-state index contributed by atoms with van der Waals surface area (Å²) in [4.78, 5) is 14.9. The number of fused-ring (bicyclic) bond motifs is 3. The van der Waals surface area contributed by atoms with Crippen molar-refractivity contribution in [1.29, 1.82) is 0 Å². The second-order valence-corrected chi connectivity index (χ2v) is 5.90. The minimum Gasteiger partial charge on any atom is -0.468 e. The average Bonchev–Trinajstić information content (AvgIpc) is 2.47. The highest BCUT2D eigenvalue weighted by Gasteiger charge is 2.55. The standard InChI is InChI=1S/C16H21NO2/c1-17-11-13-8-9-14(17)10-16(13,15(18)19-2)12-6-4-3-5-7-12/h3-7,13-14H,8-11H2,1-2H3/t13-,14+,16+/m0/s1. The Labute approximate surface area is 114 Å². The normalized spacial score (nSPS) is 34.2. The molecule has 0 N–H and O–H groups in total. The number of nitrogens with zero attached hydrogens (tertiary/aromatic N) is 1. The first-order chi connectivity index (χ1) is 9.18. The predicted octanol–water partition coefficient (Wildman–Crippen LogP) is 2.21. The largest absolute Gasteiger partial charge is 0.468 e. The third-order valence-corrected chi connectivity index (χ3v) is 5.07. The van der Waals surface area contributed by atoms with E-state index < -0.39 is 5.41 Å². The number of esters is 1. The van der Waals surface area contributed by atoms with Gasteiger partial charge in [0.25, 0.3) is 0 Å². The first-order valence-corrected chi connectivity index (χ1v) is 7.02. The van der Waals surface area contributed by atoms with Gasteiger partial charge in [0.05, 0.1) is 12.5 Å². The topological polar surface area (TPSA) is 29.5 Å². The van der Waals surface area contributed by atoms with Crippen molar-refractivity contribution < 1.29 is 9.53 Å². The molecule has 2 bridgehead atoms. The van der Waals surface area contributed by atoms with E-state index >= 15 is 0 Å². The van der Waals surface area contributed by atoms with Crippen molar-refractivity contribution in [2.24, 2.45) is 5.92 Å². The number of rotatable bonds is 2. The molecule has 1 aliphatic carbocycles. The monoisotopic (exact) mass is 259 g/mol. The van der Waals surface area contributed by atoms with Gasteiger partial charge in [0.1, 0.15) is 0 Å². The molecule has 2 aliphatic heterocycles. The lowest BCUT2D eigenvalue weighted by Gasteiger charge is -2.54. The van der Waals surface area contributed by atoms with Crippen molar-refractivity contribution in [1.82, 2.24) is 4.90 Å². The summed E-state index contributed by atoms with van der Waals surface area (Å²) >= 11 is 0. The van der Waals surface area contributed by atoms with Crippen LogP contribution in [0.5, 0.6) is 0 Å². The maximum absolute atomic E-state index is 12.5. The Bertz CT molecular complexity index is 473. The van der Waals surface area contributed by atoms with E-state index in [0.717, 1.165) is 24.9 Å². The molecule has 102 valence electrons. The van der Waals surface area contributed by atoms with E-state index in [1.165, 1.54) is 13.5 Å². The molecule has 1 saturated carbocycles. The smallest absolute Gasteiger partial charge is 0.316 e. The molecule has 0 aromatic heterocycles. The molecule has 3 fully saturated rings. The van der Waals surface area contributed by atoms with Crippen molar-refractivity contribution in [2.45, 2.75) is 30.7 Å². The van der Waals surface area contributed by atoms with E-state index in [1.807, 2.05) is 18.2 Å². The fourth-order valence-corrected chi connectivity index (χ4v) is 4.04. The Kier molecular flexibility index (Phi) is 3.09. The highest BCUT2D eigenvalue weighted by molar-refractivity contribution is 5.84. The second-order valence-electron chi connectivity index (χ2n) is 5.90. The molecule has 3 nitrogen and oxygen atoms in total. The zero-order valence-electron chi connectivity index (χ0n) is 11.6. The van der Waals surface area contributed by atoms with E-state index in [-0.39, 0.29) is 5.97 Å². The average molecular weight is 259 g/mol. The molecule has 3 atom stereocenters. The summed E-state index contributed by atoms with van der Waals surface area (Å²) in [6.45, 7) is 0.995. The number of hydrogen-bond donors (Lipinski definition) is 0. The van der Waals surface area contributed by atoms with Crippen LogP contribution in [0.4, 0.5) is 0 Å². The van der Waals surface area contributed by atoms with E-state index in [9.17, 15) is 4.79 Å². The van der Waals surface area contributed by atoms with Crippen LogP contribution in [0.25, 0.3) is 0 Å². The lowest BCUT2D eigenvalue weighted by molar-refractivity contribution is -0.157. The van der Waals surface area contributed by atoms with Crippen LogP contribution in [-0.2, 0) is 14.9 Å². The van der Waals surface area contributed by atoms with Crippen LogP contribution in [0.1, 0.15) is 24.8 Å². The maximum atomic E-state index is 12.5. The number of ether oxygens (including phenoxy) is 1. The lowest BCUT2D eigenvalue weighted by atomic mass is 9.58. The third kappa shape index (κ3) is 1.79. The summed E-state index contributed by atoms with van der Waals surface area (Å²) in [6, 6.07) is 10.7. The van der Waals surface area contributed by atoms with Crippen LogP contribution >= 0.6 is 0 Å². The molecule has 2 heterocycles. The molecule has 0 radical (unpaired) electrons. The first-order valence-electron chi connectivity index (χ1n) is 7.02. The molecule has 19 heavy (non-hydrogen) atoms. The van der Waals surface area contributed by atoms with Gasteiger partial charge in [0.15, 0.2) is 0 Å². The number of carbonyl (C=O) groups is 1. The van der Waals surface area contributed by atoms with E-state index in [0.29, 0.717) is 12.0 Å². The van der Waals surface area contributed by atoms with Crippen LogP contribution in [-0.4, -0.2) is 37.6 Å². The zero-order valence-corrected chi connectivity index (χ0v) is 11.6. The summed E-state index contributed by atoms with van der Waals surface area (Å²) < 4.78 is 5.18. The minimum atomic E-state index is -0.425. The Balaban J connectivity index is 2.07. The molecule has 3 aliphatic rings. The molecular formula is C16H21NO2. The summed E-state index contributed by atoms with van der Waals surface area (Å²) in [5.41, 5.74) is 0.704. The van der Waals surface area contributed by atoms with Gasteiger partial charge in [0, 0.05) is 12.6 Å². The maximum Gasteiger partial charge on any atom is 0.316 e. The Morgan fingerprint density at radius 1 is 1.32 bits per heavy atom. The fraction of sp³-hybridized carbons (Fsp3) is 0.562. The molecule has 2 saturated heterocycles. The Morgan fingerprint density at radius 3 is 2.58 bits per heavy atom. The molecule has 1 aromatic carbocycles. The quantitative estimate of drug-likeness (QED) is 0.763. The number of hydrogen-bond acceptors (Lipinski definition) is 3. The van der Waals surface area contributed by atoms with Crippen molar-refractivity contribution in [2.75, 3.05) is 20.7 Å². The van der Waals surface area contributed by atoms with Gasteiger partial charge in [-0.15, -0.1) is 0 Å². The Hall–Kier alpha value is -1.35. The molecule has 1 aromatic rings. The minimum absolute atomic E-state index is 0.0542. The van der Waals surface area contributed by atoms with E-state index in [4.69, 9.17) is 4.74 Å². The molecule has 4 rings (SSSR count).